The van der Waals surface area contributed by atoms with Gasteiger partial charge in [-0.15, -0.1) is 11.3 Å². The number of ether oxygens (including phenoxy) is 1. The molecule has 1 aromatic carbocycles. The Morgan fingerprint density at radius 2 is 2.17 bits per heavy atom. The van der Waals surface area contributed by atoms with Crippen molar-refractivity contribution < 1.29 is 14.3 Å². The van der Waals surface area contributed by atoms with E-state index >= 15 is 0 Å². The molecule has 1 amide bonds. The summed E-state index contributed by atoms with van der Waals surface area (Å²) < 4.78 is 5.65. The number of carbonyl (C=O) groups excluding carboxylic acids is 2. The summed E-state index contributed by atoms with van der Waals surface area (Å²) in [5, 5.41) is 3.90. The zero-order valence-electron chi connectivity index (χ0n) is 9.53. The normalized spacial score (nSPS) is 10.3. The fraction of sp³-hybridized carbons (Fsp3) is 0.167. The van der Waals surface area contributed by atoms with Crippen LogP contribution in [0.15, 0.2) is 24.3 Å². The minimum Gasteiger partial charge on any atom is -0.465 e. The summed E-state index contributed by atoms with van der Waals surface area (Å²) in [7, 11) is 1.36. The van der Waals surface area contributed by atoms with Crippen LogP contribution >= 0.6 is 27.3 Å². The second-order valence-electron chi connectivity index (χ2n) is 3.54. The highest BCUT2D eigenvalue weighted by molar-refractivity contribution is 9.09. The second kappa shape index (κ2) is 5.49. The van der Waals surface area contributed by atoms with Gasteiger partial charge >= 0.3 is 5.97 Å². The van der Waals surface area contributed by atoms with E-state index in [1.165, 1.54) is 18.4 Å². The molecular formula is C12H10BrNO3S. The van der Waals surface area contributed by atoms with Crippen LogP contribution in [0.2, 0.25) is 0 Å². The topological polar surface area (TPSA) is 55.4 Å². The maximum atomic E-state index is 11.4. The number of amides is 1. The molecule has 0 fully saturated rings. The van der Waals surface area contributed by atoms with Gasteiger partial charge in [0.25, 0.3) is 0 Å². The van der Waals surface area contributed by atoms with Crippen LogP contribution in [-0.2, 0) is 9.53 Å². The molecule has 0 atom stereocenters. The van der Waals surface area contributed by atoms with Crippen molar-refractivity contribution in [3.63, 3.8) is 0 Å². The average Bonchev–Trinajstić information content (AvgIpc) is 2.80. The lowest BCUT2D eigenvalue weighted by atomic mass is 10.2. The van der Waals surface area contributed by atoms with E-state index in [1.807, 2.05) is 12.1 Å². The Balaban J connectivity index is 2.33. The van der Waals surface area contributed by atoms with Gasteiger partial charge in [-0.25, -0.2) is 4.79 Å². The maximum Gasteiger partial charge on any atom is 0.348 e. The van der Waals surface area contributed by atoms with Crippen LogP contribution in [0.1, 0.15) is 9.67 Å². The van der Waals surface area contributed by atoms with Gasteiger partial charge in [-0.3, -0.25) is 4.79 Å². The third kappa shape index (κ3) is 2.70. The van der Waals surface area contributed by atoms with E-state index in [0.29, 0.717) is 10.6 Å². The van der Waals surface area contributed by atoms with Gasteiger partial charge in [-0.05, 0) is 29.7 Å². The zero-order chi connectivity index (χ0) is 13.1. The van der Waals surface area contributed by atoms with Crippen molar-refractivity contribution in [3.8, 4) is 0 Å². The summed E-state index contributed by atoms with van der Waals surface area (Å²) in [6.45, 7) is 0. The highest BCUT2D eigenvalue weighted by Gasteiger charge is 2.10. The van der Waals surface area contributed by atoms with Gasteiger partial charge < -0.3 is 10.1 Å². The highest BCUT2D eigenvalue weighted by Crippen LogP contribution is 2.28. The zero-order valence-corrected chi connectivity index (χ0v) is 11.9. The molecular weight excluding hydrogens is 318 g/mol. The van der Waals surface area contributed by atoms with Gasteiger partial charge in [0.15, 0.2) is 0 Å². The minimum atomic E-state index is -0.345. The average molecular weight is 328 g/mol. The number of nitrogens with one attached hydrogen (secondary N) is 1. The van der Waals surface area contributed by atoms with E-state index in [-0.39, 0.29) is 17.2 Å². The number of thiophene rings is 1. The van der Waals surface area contributed by atoms with E-state index in [1.54, 1.807) is 12.1 Å². The molecule has 0 saturated heterocycles. The van der Waals surface area contributed by atoms with Crippen LogP contribution in [0.3, 0.4) is 0 Å². The monoisotopic (exact) mass is 327 g/mol. The molecule has 0 aliphatic carbocycles. The SMILES string of the molecule is COC(=O)c1cc2cc(NC(=O)CBr)ccc2s1. The first-order chi connectivity index (χ1) is 8.63. The fourth-order valence-corrected chi connectivity index (χ4v) is 2.62. The highest BCUT2D eigenvalue weighted by atomic mass is 79.9. The molecule has 0 radical (unpaired) electrons. The largest absolute Gasteiger partial charge is 0.465 e. The van der Waals surface area contributed by atoms with E-state index in [9.17, 15) is 9.59 Å². The molecule has 2 aromatic rings. The summed E-state index contributed by atoms with van der Waals surface area (Å²) in [4.78, 5) is 23.2. The Hall–Kier alpha value is -1.40. The number of hydrogen-bond donors (Lipinski definition) is 1. The standard InChI is InChI=1S/C12H10BrNO3S/c1-17-12(16)10-5-7-4-8(14-11(15)6-13)2-3-9(7)18-10/h2-5H,6H2,1H3,(H,14,15). The number of halogens is 1. The third-order valence-corrected chi connectivity index (χ3v) is 3.91. The summed E-state index contributed by atoms with van der Waals surface area (Å²) in [5.41, 5.74) is 0.709. The Labute approximate surface area is 116 Å². The molecule has 6 heteroatoms. The summed E-state index contributed by atoms with van der Waals surface area (Å²) >= 11 is 4.45. The number of carbonyl (C=O) groups is 2. The Kier molecular flexibility index (Phi) is 3.98. The van der Waals surface area contributed by atoms with E-state index in [4.69, 9.17) is 0 Å². The molecule has 0 aliphatic rings. The first-order valence-corrected chi connectivity index (χ1v) is 7.05. The lowest BCUT2D eigenvalue weighted by Crippen LogP contribution is -2.11. The van der Waals surface area contributed by atoms with Crippen molar-refractivity contribution in [2.24, 2.45) is 0 Å². The molecule has 4 nitrogen and oxygen atoms in total. The van der Waals surface area contributed by atoms with Crippen LogP contribution in [0, 0.1) is 0 Å². The first-order valence-electron chi connectivity index (χ1n) is 5.12. The van der Waals surface area contributed by atoms with Gasteiger partial charge in [0.05, 0.1) is 12.4 Å². The van der Waals surface area contributed by atoms with Gasteiger partial charge in [-0.2, -0.15) is 0 Å². The number of anilines is 1. The third-order valence-electron chi connectivity index (χ3n) is 2.31. The Morgan fingerprint density at radius 3 is 2.83 bits per heavy atom. The lowest BCUT2D eigenvalue weighted by molar-refractivity contribution is -0.113. The predicted octanol–water partition coefficient (Wildman–Crippen LogP) is 3.02. The molecule has 0 bridgehead atoms. The van der Waals surface area contributed by atoms with Crippen molar-refractivity contribution in [1.82, 2.24) is 0 Å². The smallest absolute Gasteiger partial charge is 0.348 e. The molecule has 1 N–H and O–H groups in total. The number of rotatable bonds is 3. The van der Waals surface area contributed by atoms with E-state index in [0.717, 1.165) is 10.1 Å². The number of hydrogen-bond acceptors (Lipinski definition) is 4. The maximum absolute atomic E-state index is 11.4. The molecule has 1 heterocycles. The van der Waals surface area contributed by atoms with Crippen LogP contribution in [0.25, 0.3) is 10.1 Å². The fourth-order valence-electron chi connectivity index (χ4n) is 1.52. The quantitative estimate of drug-likeness (QED) is 0.696. The van der Waals surface area contributed by atoms with Crippen molar-refractivity contribution in [1.29, 1.82) is 0 Å². The number of esters is 1. The molecule has 0 aliphatic heterocycles. The number of benzene rings is 1. The predicted molar refractivity (Wildman–Crippen MR) is 75.6 cm³/mol. The summed E-state index contributed by atoms with van der Waals surface area (Å²) in [6, 6.07) is 7.27. The first kappa shape index (κ1) is 13.0. The van der Waals surface area contributed by atoms with Crippen LogP contribution in [0.4, 0.5) is 5.69 Å². The van der Waals surface area contributed by atoms with E-state index in [2.05, 4.69) is 26.0 Å². The summed E-state index contributed by atoms with van der Waals surface area (Å²) in [5.74, 6) is -0.458. The molecule has 2 rings (SSSR count). The van der Waals surface area contributed by atoms with Crippen molar-refractivity contribution in [2.45, 2.75) is 0 Å². The molecule has 18 heavy (non-hydrogen) atoms. The molecule has 0 spiro atoms. The Morgan fingerprint density at radius 1 is 1.39 bits per heavy atom. The van der Waals surface area contributed by atoms with Crippen molar-refractivity contribution in [3.05, 3.63) is 29.1 Å². The van der Waals surface area contributed by atoms with Crippen LogP contribution < -0.4 is 5.32 Å². The van der Waals surface area contributed by atoms with Gasteiger partial charge in [-0.1, -0.05) is 15.9 Å². The second-order valence-corrected chi connectivity index (χ2v) is 5.18. The molecule has 1 aromatic heterocycles. The van der Waals surface area contributed by atoms with Crippen molar-refractivity contribution >= 4 is 54.9 Å². The lowest BCUT2D eigenvalue weighted by Gasteiger charge is -2.02. The Bertz CT molecular complexity index is 608. The van der Waals surface area contributed by atoms with E-state index < -0.39 is 0 Å². The minimum absolute atomic E-state index is 0.113. The van der Waals surface area contributed by atoms with Gasteiger partial charge in [0, 0.05) is 10.4 Å². The van der Waals surface area contributed by atoms with Crippen LogP contribution in [-0.4, -0.2) is 24.3 Å². The van der Waals surface area contributed by atoms with Crippen LogP contribution in [0.5, 0.6) is 0 Å². The van der Waals surface area contributed by atoms with Crippen molar-refractivity contribution in [2.75, 3.05) is 17.8 Å². The molecule has 0 saturated carbocycles. The number of fused-ring (bicyclic) bond motifs is 1. The number of alkyl halides is 1. The summed E-state index contributed by atoms with van der Waals surface area (Å²) in [6.07, 6.45) is 0. The van der Waals surface area contributed by atoms with Gasteiger partial charge in [0.2, 0.25) is 5.91 Å². The molecule has 0 unspecified atom stereocenters. The molecule has 94 valence electrons. The van der Waals surface area contributed by atoms with Gasteiger partial charge in [0.1, 0.15) is 4.88 Å². The number of methoxy groups -OCH3 is 1.